The first-order chi connectivity index (χ1) is 12.8. The molecule has 0 unspecified atom stereocenters. The van der Waals surface area contributed by atoms with Gasteiger partial charge in [0, 0.05) is 35.3 Å². The Balaban J connectivity index is 0.000000121. The van der Waals surface area contributed by atoms with Gasteiger partial charge in [0.05, 0.1) is 11.4 Å². The highest BCUT2D eigenvalue weighted by Crippen LogP contribution is 2.08. The number of para-hydroxylation sites is 2. The first-order valence-electron chi connectivity index (χ1n) is 8.29. The SMILES string of the molecule is C1=CSCN1.N[n+]1cccc2ccccc21.c1ccc2ncccc2c1. The zero-order valence-electron chi connectivity index (χ0n) is 14.3. The summed E-state index contributed by atoms with van der Waals surface area (Å²) < 4.78 is 1.62. The molecule has 0 spiro atoms. The van der Waals surface area contributed by atoms with Crippen LogP contribution in [0.1, 0.15) is 0 Å². The van der Waals surface area contributed by atoms with Crippen LogP contribution in [0.5, 0.6) is 0 Å². The normalized spacial score (nSPS) is 11.8. The monoisotopic (exact) mass is 361 g/mol. The van der Waals surface area contributed by atoms with Crippen LogP contribution < -0.4 is 15.8 Å². The van der Waals surface area contributed by atoms with Crippen molar-refractivity contribution in [1.29, 1.82) is 0 Å². The van der Waals surface area contributed by atoms with Gasteiger partial charge in [-0.15, -0.1) is 11.8 Å². The average Bonchev–Trinajstić information content (AvgIpc) is 3.29. The van der Waals surface area contributed by atoms with Crippen LogP contribution in [0, 0.1) is 0 Å². The fraction of sp³-hybridized carbons (Fsp3) is 0.0476. The molecule has 0 amide bonds. The van der Waals surface area contributed by atoms with Crippen LogP contribution in [-0.2, 0) is 0 Å². The summed E-state index contributed by atoms with van der Waals surface area (Å²) in [6, 6.07) is 24.1. The van der Waals surface area contributed by atoms with E-state index >= 15 is 0 Å². The first-order valence-corrected chi connectivity index (χ1v) is 9.34. The van der Waals surface area contributed by atoms with Crippen LogP contribution in [0.2, 0.25) is 0 Å². The van der Waals surface area contributed by atoms with Gasteiger partial charge in [0.25, 0.3) is 0 Å². The van der Waals surface area contributed by atoms with E-state index < -0.39 is 0 Å². The maximum atomic E-state index is 5.67. The van der Waals surface area contributed by atoms with Crippen LogP contribution in [0.15, 0.2) is 96.8 Å². The second kappa shape index (κ2) is 9.44. The lowest BCUT2D eigenvalue weighted by molar-refractivity contribution is -0.611. The molecule has 0 radical (unpaired) electrons. The summed E-state index contributed by atoms with van der Waals surface area (Å²) in [5.41, 5.74) is 2.11. The molecule has 0 fully saturated rings. The molecular formula is C21H21N4S+. The van der Waals surface area contributed by atoms with Gasteiger partial charge in [-0.2, -0.15) is 0 Å². The fourth-order valence-corrected chi connectivity index (χ4v) is 2.92. The summed E-state index contributed by atoms with van der Waals surface area (Å²) in [7, 11) is 0. The third-order valence-electron chi connectivity index (χ3n) is 3.70. The molecule has 5 heteroatoms. The summed E-state index contributed by atoms with van der Waals surface area (Å²) in [5.74, 6) is 6.73. The van der Waals surface area contributed by atoms with Crippen molar-refractivity contribution in [2.45, 2.75) is 0 Å². The zero-order chi connectivity index (χ0) is 18.0. The lowest BCUT2D eigenvalue weighted by Gasteiger charge is -1.91. The predicted molar refractivity (Wildman–Crippen MR) is 111 cm³/mol. The van der Waals surface area contributed by atoms with Gasteiger partial charge in [-0.25, -0.2) is 5.84 Å². The molecule has 4 aromatic rings. The standard InChI is InChI=1S/C9H9N2.C9H7N.C3H5NS/c10-11-7-3-5-8-4-1-2-6-9(8)11;1-2-6-9-8(4-1)5-3-7-10-9;1-2-5-3-4-1/h1-7H,10H2;1-7H;1-2,4H,3H2/q+1;;. The van der Waals surface area contributed by atoms with Crippen LogP contribution in [0.4, 0.5) is 0 Å². The van der Waals surface area contributed by atoms with Crippen molar-refractivity contribution in [2.24, 2.45) is 0 Å². The fourth-order valence-electron chi connectivity index (χ4n) is 2.44. The Kier molecular flexibility index (Phi) is 6.45. The second-order valence-corrected chi connectivity index (χ2v) is 6.38. The Labute approximate surface area is 157 Å². The zero-order valence-corrected chi connectivity index (χ0v) is 15.1. The summed E-state index contributed by atoms with van der Waals surface area (Å²) in [6.07, 6.45) is 5.59. The molecule has 1 aliphatic heterocycles. The van der Waals surface area contributed by atoms with E-state index in [-0.39, 0.29) is 0 Å². The van der Waals surface area contributed by atoms with E-state index in [0.29, 0.717) is 0 Å². The van der Waals surface area contributed by atoms with E-state index in [1.807, 2.05) is 84.7 Å². The highest BCUT2D eigenvalue weighted by molar-refractivity contribution is 8.02. The number of nitrogens with zero attached hydrogens (tertiary/aromatic N) is 2. The van der Waals surface area contributed by atoms with Crippen LogP contribution in [-0.4, -0.2) is 10.9 Å². The highest BCUT2D eigenvalue weighted by atomic mass is 32.2. The Morgan fingerprint density at radius 1 is 0.885 bits per heavy atom. The molecule has 0 saturated carbocycles. The number of hydrogen-bond acceptors (Lipinski definition) is 4. The number of nitrogens with one attached hydrogen (secondary N) is 1. The van der Waals surface area contributed by atoms with E-state index in [0.717, 1.165) is 22.3 Å². The van der Waals surface area contributed by atoms with E-state index in [2.05, 4.69) is 22.4 Å². The number of rotatable bonds is 0. The molecule has 0 atom stereocenters. The minimum Gasteiger partial charge on any atom is -0.381 e. The maximum Gasteiger partial charge on any atom is 0.242 e. The van der Waals surface area contributed by atoms with Crippen molar-refractivity contribution in [3.05, 3.63) is 96.8 Å². The van der Waals surface area contributed by atoms with Crippen molar-refractivity contribution in [3.8, 4) is 0 Å². The molecule has 5 rings (SSSR count). The van der Waals surface area contributed by atoms with Crippen molar-refractivity contribution in [2.75, 3.05) is 11.7 Å². The minimum atomic E-state index is 1.05. The van der Waals surface area contributed by atoms with Crippen LogP contribution >= 0.6 is 11.8 Å². The van der Waals surface area contributed by atoms with Crippen molar-refractivity contribution < 1.29 is 4.68 Å². The second-order valence-electron chi connectivity index (χ2n) is 5.49. The van der Waals surface area contributed by atoms with E-state index in [1.54, 1.807) is 16.4 Å². The Hall–Kier alpha value is -3.05. The van der Waals surface area contributed by atoms with Gasteiger partial charge in [0.1, 0.15) is 0 Å². The molecule has 2 aromatic carbocycles. The number of nitrogens with two attached hydrogens (primary N) is 1. The van der Waals surface area contributed by atoms with Gasteiger partial charge in [0.15, 0.2) is 6.20 Å². The molecule has 130 valence electrons. The van der Waals surface area contributed by atoms with Gasteiger partial charge in [-0.3, -0.25) is 4.98 Å². The van der Waals surface area contributed by atoms with Crippen molar-refractivity contribution in [1.82, 2.24) is 10.3 Å². The van der Waals surface area contributed by atoms with Crippen molar-refractivity contribution >= 4 is 33.6 Å². The Bertz CT molecular complexity index is 924. The number of thioether (sulfide) groups is 1. The van der Waals surface area contributed by atoms with E-state index in [1.165, 1.54) is 5.39 Å². The van der Waals surface area contributed by atoms with Crippen molar-refractivity contribution in [3.63, 3.8) is 0 Å². The lowest BCUT2D eigenvalue weighted by Crippen LogP contribution is -2.44. The summed E-state index contributed by atoms with van der Waals surface area (Å²) in [6.45, 7) is 0. The molecule has 1 aliphatic rings. The third-order valence-corrected chi connectivity index (χ3v) is 4.36. The maximum absolute atomic E-state index is 5.67. The van der Waals surface area contributed by atoms with Gasteiger partial charge < -0.3 is 5.32 Å². The molecule has 3 heterocycles. The summed E-state index contributed by atoms with van der Waals surface area (Å²) in [4.78, 5) is 4.18. The Morgan fingerprint density at radius 2 is 1.62 bits per heavy atom. The quantitative estimate of drug-likeness (QED) is 0.369. The number of benzene rings is 2. The van der Waals surface area contributed by atoms with E-state index in [4.69, 9.17) is 5.84 Å². The number of aromatic nitrogens is 2. The lowest BCUT2D eigenvalue weighted by atomic mass is 10.2. The van der Waals surface area contributed by atoms with Crippen LogP contribution in [0.25, 0.3) is 21.8 Å². The molecule has 0 saturated heterocycles. The van der Waals surface area contributed by atoms with Gasteiger partial charge in [-0.05, 0) is 29.7 Å². The molecule has 3 N–H and O–H groups in total. The molecule has 0 bridgehead atoms. The van der Waals surface area contributed by atoms with E-state index in [9.17, 15) is 0 Å². The molecular weight excluding hydrogens is 340 g/mol. The number of hydrogen-bond donors (Lipinski definition) is 2. The topological polar surface area (TPSA) is 54.8 Å². The van der Waals surface area contributed by atoms with Gasteiger partial charge in [-0.1, -0.05) is 41.1 Å². The minimum absolute atomic E-state index is 1.05. The number of nitrogen functional groups attached to an aromatic ring is 1. The first kappa shape index (κ1) is 17.8. The molecule has 26 heavy (non-hydrogen) atoms. The average molecular weight is 361 g/mol. The summed E-state index contributed by atoms with van der Waals surface area (Å²) in [5, 5.41) is 7.41. The summed E-state index contributed by atoms with van der Waals surface area (Å²) >= 11 is 1.78. The Morgan fingerprint density at radius 3 is 2.31 bits per heavy atom. The van der Waals surface area contributed by atoms with Gasteiger partial charge in [0.2, 0.25) is 5.52 Å². The smallest absolute Gasteiger partial charge is 0.242 e. The molecule has 0 aliphatic carbocycles. The third kappa shape index (κ3) is 4.97. The molecule has 4 nitrogen and oxygen atoms in total. The van der Waals surface area contributed by atoms with Crippen LogP contribution in [0.3, 0.4) is 0 Å². The predicted octanol–water partition coefficient (Wildman–Crippen LogP) is 3.83. The van der Waals surface area contributed by atoms with Gasteiger partial charge >= 0.3 is 0 Å². The highest BCUT2D eigenvalue weighted by Gasteiger charge is 2.00. The largest absolute Gasteiger partial charge is 0.381 e. The number of pyridine rings is 2. The number of fused-ring (bicyclic) bond motifs is 2. The molecule has 2 aromatic heterocycles.